The summed E-state index contributed by atoms with van der Waals surface area (Å²) in [5.74, 6) is 0. The van der Waals surface area contributed by atoms with E-state index in [1.807, 2.05) is 6.07 Å². The Labute approximate surface area is 77.0 Å². The van der Waals surface area contributed by atoms with Gasteiger partial charge in [-0.1, -0.05) is 18.2 Å². The smallest absolute Gasteiger partial charge is 0.0914 e. The van der Waals surface area contributed by atoms with Gasteiger partial charge in [-0.25, -0.2) is 0 Å². The lowest BCUT2D eigenvalue weighted by Crippen LogP contribution is -2.03. The first-order valence-electron chi connectivity index (χ1n) is 4.22. The summed E-state index contributed by atoms with van der Waals surface area (Å²) in [7, 11) is 0. The van der Waals surface area contributed by atoms with Crippen molar-refractivity contribution in [1.29, 1.82) is 0 Å². The Morgan fingerprint density at radius 3 is 2.08 bits per heavy atom. The third-order valence-corrected chi connectivity index (χ3v) is 2.06. The van der Waals surface area contributed by atoms with Gasteiger partial charge in [0.25, 0.3) is 0 Å². The van der Waals surface area contributed by atoms with Crippen LogP contribution in [0.4, 0.5) is 0 Å². The van der Waals surface area contributed by atoms with Gasteiger partial charge < -0.3 is 0 Å². The number of aromatic nitrogens is 3. The molecule has 0 bridgehead atoms. The number of para-hydroxylation sites is 1. The van der Waals surface area contributed by atoms with Crippen LogP contribution in [-0.2, 0) is 0 Å². The quantitative estimate of drug-likeness (QED) is 0.659. The first kappa shape index (κ1) is 7.98. The summed E-state index contributed by atoms with van der Waals surface area (Å²) < 4.78 is 0. The molecule has 3 nitrogen and oxygen atoms in total. The van der Waals surface area contributed by atoms with Crippen LogP contribution in [-0.4, -0.2) is 15.0 Å². The van der Waals surface area contributed by atoms with Gasteiger partial charge in [0.05, 0.1) is 18.1 Å². The standard InChI is InChI=1S/C10H11N3/c1-8-4-3-5-9(2)10(8)13-11-6-7-12-13/h3-7H,1-2H3. The molecule has 2 rings (SSSR count). The summed E-state index contributed by atoms with van der Waals surface area (Å²) in [6, 6.07) is 6.16. The summed E-state index contributed by atoms with van der Waals surface area (Å²) in [5.41, 5.74) is 3.46. The zero-order valence-electron chi connectivity index (χ0n) is 7.73. The van der Waals surface area contributed by atoms with E-state index in [9.17, 15) is 0 Å². The molecular weight excluding hydrogens is 162 g/mol. The minimum absolute atomic E-state index is 1.08. The fourth-order valence-electron chi connectivity index (χ4n) is 1.45. The summed E-state index contributed by atoms with van der Waals surface area (Å²) in [6.07, 6.45) is 3.37. The monoisotopic (exact) mass is 173 g/mol. The van der Waals surface area contributed by atoms with Gasteiger partial charge in [-0.2, -0.15) is 15.0 Å². The van der Waals surface area contributed by atoms with Crippen molar-refractivity contribution in [1.82, 2.24) is 15.0 Å². The third kappa shape index (κ3) is 1.33. The van der Waals surface area contributed by atoms with Gasteiger partial charge in [0.2, 0.25) is 0 Å². The fourth-order valence-corrected chi connectivity index (χ4v) is 1.45. The van der Waals surface area contributed by atoms with Crippen LogP contribution in [0.3, 0.4) is 0 Å². The van der Waals surface area contributed by atoms with Crippen molar-refractivity contribution in [3.8, 4) is 5.69 Å². The highest BCUT2D eigenvalue weighted by Crippen LogP contribution is 2.15. The van der Waals surface area contributed by atoms with Crippen molar-refractivity contribution >= 4 is 0 Å². The van der Waals surface area contributed by atoms with Gasteiger partial charge in [-0.05, 0) is 25.0 Å². The van der Waals surface area contributed by atoms with E-state index < -0.39 is 0 Å². The maximum atomic E-state index is 4.11. The molecule has 0 aliphatic carbocycles. The lowest BCUT2D eigenvalue weighted by atomic mass is 10.1. The molecule has 0 amide bonds. The predicted octanol–water partition coefficient (Wildman–Crippen LogP) is 1.88. The molecule has 1 aromatic heterocycles. The zero-order chi connectivity index (χ0) is 9.26. The van der Waals surface area contributed by atoms with E-state index in [1.165, 1.54) is 11.1 Å². The summed E-state index contributed by atoms with van der Waals surface area (Å²) in [6.45, 7) is 4.12. The highest BCUT2D eigenvalue weighted by Gasteiger charge is 2.04. The van der Waals surface area contributed by atoms with E-state index in [4.69, 9.17) is 0 Å². The van der Waals surface area contributed by atoms with E-state index in [-0.39, 0.29) is 0 Å². The molecule has 13 heavy (non-hydrogen) atoms. The van der Waals surface area contributed by atoms with Gasteiger partial charge in [-0.15, -0.1) is 0 Å². The number of aryl methyl sites for hydroxylation is 2. The number of hydrogen-bond acceptors (Lipinski definition) is 2. The van der Waals surface area contributed by atoms with Gasteiger partial charge >= 0.3 is 0 Å². The lowest BCUT2D eigenvalue weighted by Gasteiger charge is -2.06. The van der Waals surface area contributed by atoms with E-state index in [2.05, 4.69) is 36.2 Å². The van der Waals surface area contributed by atoms with E-state index in [0.29, 0.717) is 0 Å². The molecule has 2 aromatic rings. The normalized spacial score (nSPS) is 10.3. The third-order valence-electron chi connectivity index (χ3n) is 2.06. The summed E-state index contributed by atoms with van der Waals surface area (Å²) in [4.78, 5) is 1.66. The number of benzene rings is 1. The van der Waals surface area contributed by atoms with Crippen LogP contribution in [0.25, 0.3) is 5.69 Å². The molecule has 0 fully saturated rings. The van der Waals surface area contributed by atoms with Crippen LogP contribution >= 0.6 is 0 Å². The molecule has 0 aliphatic heterocycles. The maximum absolute atomic E-state index is 4.11. The van der Waals surface area contributed by atoms with Gasteiger partial charge in [0.15, 0.2) is 0 Å². The average molecular weight is 173 g/mol. The Morgan fingerprint density at radius 1 is 1.00 bits per heavy atom. The van der Waals surface area contributed by atoms with Crippen molar-refractivity contribution in [2.45, 2.75) is 13.8 Å². The Bertz CT molecular complexity index is 384. The SMILES string of the molecule is Cc1cccc(C)c1-n1nccn1. The predicted molar refractivity (Wildman–Crippen MR) is 50.8 cm³/mol. The molecule has 0 aliphatic rings. The average Bonchev–Trinajstić information content (AvgIpc) is 2.57. The van der Waals surface area contributed by atoms with Crippen LogP contribution in [0.2, 0.25) is 0 Å². The number of nitrogens with zero attached hydrogens (tertiary/aromatic N) is 3. The Kier molecular flexibility index (Phi) is 1.85. The molecular formula is C10H11N3. The second-order valence-electron chi connectivity index (χ2n) is 3.06. The second-order valence-corrected chi connectivity index (χ2v) is 3.06. The molecule has 0 N–H and O–H groups in total. The Morgan fingerprint density at radius 2 is 1.54 bits per heavy atom. The van der Waals surface area contributed by atoms with Gasteiger partial charge in [0.1, 0.15) is 0 Å². The van der Waals surface area contributed by atoms with Crippen LogP contribution in [0.5, 0.6) is 0 Å². The van der Waals surface area contributed by atoms with Crippen molar-refractivity contribution in [3.05, 3.63) is 41.7 Å². The van der Waals surface area contributed by atoms with Crippen molar-refractivity contribution < 1.29 is 0 Å². The molecule has 1 aromatic carbocycles. The minimum atomic E-state index is 1.08. The molecule has 0 unspecified atom stereocenters. The topological polar surface area (TPSA) is 30.7 Å². The van der Waals surface area contributed by atoms with Crippen molar-refractivity contribution in [3.63, 3.8) is 0 Å². The molecule has 0 saturated carbocycles. The van der Waals surface area contributed by atoms with Crippen molar-refractivity contribution in [2.24, 2.45) is 0 Å². The molecule has 0 atom stereocenters. The molecule has 0 saturated heterocycles. The molecule has 0 radical (unpaired) electrons. The first-order valence-corrected chi connectivity index (χ1v) is 4.22. The van der Waals surface area contributed by atoms with Crippen LogP contribution in [0.1, 0.15) is 11.1 Å². The van der Waals surface area contributed by atoms with E-state index in [0.717, 1.165) is 5.69 Å². The molecule has 3 heteroatoms. The zero-order valence-corrected chi connectivity index (χ0v) is 7.73. The minimum Gasteiger partial charge on any atom is -0.157 e. The van der Waals surface area contributed by atoms with Crippen molar-refractivity contribution in [2.75, 3.05) is 0 Å². The summed E-state index contributed by atoms with van der Waals surface area (Å²) >= 11 is 0. The largest absolute Gasteiger partial charge is 0.157 e. The van der Waals surface area contributed by atoms with Gasteiger partial charge in [-0.3, -0.25) is 0 Å². The highest BCUT2D eigenvalue weighted by molar-refractivity contribution is 5.45. The summed E-state index contributed by atoms with van der Waals surface area (Å²) in [5, 5.41) is 8.23. The Hall–Kier alpha value is -1.64. The van der Waals surface area contributed by atoms with Crippen LogP contribution < -0.4 is 0 Å². The van der Waals surface area contributed by atoms with E-state index in [1.54, 1.807) is 17.2 Å². The van der Waals surface area contributed by atoms with Gasteiger partial charge in [0, 0.05) is 0 Å². The Balaban J connectivity index is 2.64. The number of hydrogen-bond donors (Lipinski definition) is 0. The molecule has 0 spiro atoms. The van der Waals surface area contributed by atoms with E-state index >= 15 is 0 Å². The second kappa shape index (κ2) is 3.01. The first-order chi connectivity index (χ1) is 6.29. The highest BCUT2D eigenvalue weighted by atomic mass is 15.5. The number of rotatable bonds is 1. The van der Waals surface area contributed by atoms with Crippen LogP contribution in [0, 0.1) is 13.8 Å². The maximum Gasteiger partial charge on any atom is 0.0914 e. The lowest BCUT2D eigenvalue weighted by molar-refractivity contribution is 0.742. The van der Waals surface area contributed by atoms with Crippen LogP contribution in [0.15, 0.2) is 30.6 Å². The molecule has 1 heterocycles. The molecule has 66 valence electrons. The fraction of sp³-hybridized carbons (Fsp3) is 0.200.